The lowest BCUT2D eigenvalue weighted by molar-refractivity contribution is -0.140. The zero-order chi connectivity index (χ0) is 15.4. The highest BCUT2D eigenvalue weighted by atomic mass is 16.4. The van der Waals surface area contributed by atoms with E-state index in [9.17, 15) is 9.59 Å². The van der Waals surface area contributed by atoms with E-state index in [4.69, 9.17) is 10.2 Å². The van der Waals surface area contributed by atoms with Crippen LogP contribution in [-0.2, 0) is 4.79 Å². The van der Waals surface area contributed by atoms with Gasteiger partial charge in [0.05, 0.1) is 11.5 Å². The molecular weight excluding hydrogens is 268 g/mol. The van der Waals surface area contributed by atoms with Crippen LogP contribution >= 0.6 is 0 Å². The number of fused-ring (bicyclic) bond motifs is 1. The fraction of sp³-hybridized carbons (Fsp3) is 0.176. The van der Waals surface area contributed by atoms with Gasteiger partial charge >= 0.3 is 11.9 Å². The van der Waals surface area contributed by atoms with Crippen LogP contribution in [0.2, 0.25) is 0 Å². The van der Waals surface area contributed by atoms with Gasteiger partial charge in [-0.15, -0.1) is 0 Å². The maximum atomic E-state index is 10.9. The summed E-state index contributed by atoms with van der Waals surface area (Å²) in [4.78, 5) is 21.6. The average Bonchev–Trinajstić information content (AvgIpc) is 2.46. The number of hydrogen-bond acceptors (Lipinski definition) is 2. The van der Waals surface area contributed by atoms with Gasteiger partial charge in [-0.25, -0.2) is 4.79 Å². The van der Waals surface area contributed by atoms with Crippen molar-refractivity contribution in [3.05, 3.63) is 53.6 Å². The zero-order valence-electron chi connectivity index (χ0n) is 11.6. The Balaban J connectivity index is 2.19. The molecule has 0 fully saturated rings. The lowest BCUT2D eigenvalue weighted by Crippen LogP contribution is -2.07. The number of benzene rings is 2. The number of aromatic carboxylic acids is 1. The quantitative estimate of drug-likeness (QED) is 0.878. The van der Waals surface area contributed by atoms with Gasteiger partial charge in [0.2, 0.25) is 0 Å². The van der Waals surface area contributed by atoms with Gasteiger partial charge in [0.15, 0.2) is 0 Å². The lowest BCUT2D eigenvalue weighted by atomic mass is 10.0. The smallest absolute Gasteiger partial charge is 0.335 e. The normalized spacial score (nSPS) is 12.6. The summed E-state index contributed by atoms with van der Waals surface area (Å²) in [5.74, 6) is -2.15. The fourth-order valence-corrected chi connectivity index (χ4v) is 2.01. The maximum Gasteiger partial charge on any atom is 0.335 e. The minimum absolute atomic E-state index is 0.265. The largest absolute Gasteiger partial charge is 0.481 e. The first-order chi connectivity index (χ1) is 9.97. The average molecular weight is 284 g/mol. The van der Waals surface area contributed by atoms with Gasteiger partial charge in [-0.2, -0.15) is 0 Å². The Bertz CT molecular complexity index is 716. The Kier molecular flexibility index (Phi) is 4.38. The van der Waals surface area contributed by atoms with Crippen LogP contribution in [0.25, 0.3) is 16.8 Å². The van der Waals surface area contributed by atoms with Crippen LogP contribution < -0.4 is 0 Å². The van der Waals surface area contributed by atoms with Gasteiger partial charge in [-0.05, 0) is 41.0 Å². The molecule has 1 atom stereocenters. The van der Waals surface area contributed by atoms with Crippen molar-refractivity contribution in [1.29, 1.82) is 0 Å². The molecule has 0 saturated heterocycles. The lowest BCUT2D eigenvalue weighted by Gasteiger charge is -2.03. The van der Waals surface area contributed by atoms with E-state index in [0.717, 1.165) is 16.3 Å². The second kappa shape index (κ2) is 6.22. The number of aliphatic carboxylic acids is 1. The Morgan fingerprint density at radius 2 is 1.76 bits per heavy atom. The Morgan fingerprint density at radius 1 is 1.10 bits per heavy atom. The van der Waals surface area contributed by atoms with Crippen molar-refractivity contribution in [2.75, 3.05) is 0 Å². The second-order valence-corrected chi connectivity index (χ2v) is 5.00. The molecule has 2 aromatic rings. The third-order valence-electron chi connectivity index (χ3n) is 3.33. The van der Waals surface area contributed by atoms with Gasteiger partial charge in [0.1, 0.15) is 0 Å². The van der Waals surface area contributed by atoms with Crippen molar-refractivity contribution in [3.8, 4) is 0 Å². The molecule has 4 heteroatoms. The molecule has 0 amide bonds. The van der Waals surface area contributed by atoms with E-state index in [1.165, 1.54) is 0 Å². The highest BCUT2D eigenvalue weighted by Gasteiger charge is 2.07. The number of carbonyl (C=O) groups is 2. The van der Waals surface area contributed by atoms with Crippen molar-refractivity contribution >= 4 is 28.8 Å². The van der Waals surface area contributed by atoms with E-state index in [1.54, 1.807) is 25.1 Å². The van der Waals surface area contributed by atoms with E-state index < -0.39 is 17.9 Å². The number of rotatable bonds is 5. The molecule has 0 aromatic heterocycles. The first-order valence-corrected chi connectivity index (χ1v) is 6.64. The molecule has 0 heterocycles. The van der Waals surface area contributed by atoms with Gasteiger partial charge < -0.3 is 10.2 Å². The van der Waals surface area contributed by atoms with Crippen molar-refractivity contribution in [3.63, 3.8) is 0 Å². The van der Waals surface area contributed by atoms with E-state index in [0.29, 0.717) is 6.42 Å². The van der Waals surface area contributed by atoms with E-state index >= 15 is 0 Å². The number of allylic oxidation sites excluding steroid dienone is 1. The molecule has 21 heavy (non-hydrogen) atoms. The second-order valence-electron chi connectivity index (χ2n) is 5.00. The molecule has 0 radical (unpaired) electrons. The SMILES string of the molecule is CC(C/C=C/c1ccc2cc(C(=O)O)ccc2c1)C(=O)O. The van der Waals surface area contributed by atoms with Crippen LogP contribution in [0.15, 0.2) is 42.5 Å². The summed E-state index contributed by atoms with van der Waals surface area (Å²) in [6, 6.07) is 10.7. The Morgan fingerprint density at radius 3 is 2.43 bits per heavy atom. The predicted octanol–water partition coefficient (Wildman–Crippen LogP) is 3.66. The molecule has 2 aromatic carbocycles. The van der Waals surface area contributed by atoms with Crippen LogP contribution in [-0.4, -0.2) is 22.2 Å². The number of hydrogen-bond donors (Lipinski definition) is 2. The molecule has 0 bridgehead atoms. The summed E-state index contributed by atoms with van der Waals surface area (Å²) in [5, 5.41) is 19.6. The summed E-state index contributed by atoms with van der Waals surface area (Å²) in [5.41, 5.74) is 1.23. The molecule has 108 valence electrons. The third kappa shape index (κ3) is 3.69. The highest BCUT2D eigenvalue weighted by molar-refractivity contribution is 5.94. The minimum Gasteiger partial charge on any atom is -0.481 e. The summed E-state index contributed by atoms with van der Waals surface area (Å²) >= 11 is 0. The Hall–Kier alpha value is -2.62. The summed E-state index contributed by atoms with van der Waals surface area (Å²) in [6.45, 7) is 1.67. The summed E-state index contributed by atoms with van der Waals surface area (Å²) in [6.07, 6.45) is 4.20. The highest BCUT2D eigenvalue weighted by Crippen LogP contribution is 2.19. The van der Waals surface area contributed by atoms with Crippen LogP contribution in [0.1, 0.15) is 29.3 Å². The molecule has 2 N–H and O–H groups in total. The molecule has 0 saturated carbocycles. The molecule has 4 nitrogen and oxygen atoms in total. The van der Waals surface area contributed by atoms with Crippen molar-refractivity contribution in [2.24, 2.45) is 5.92 Å². The van der Waals surface area contributed by atoms with Gasteiger partial charge in [0.25, 0.3) is 0 Å². The van der Waals surface area contributed by atoms with E-state index in [1.807, 2.05) is 30.4 Å². The van der Waals surface area contributed by atoms with E-state index in [-0.39, 0.29) is 5.56 Å². The predicted molar refractivity (Wildman–Crippen MR) is 81.4 cm³/mol. The van der Waals surface area contributed by atoms with Crippen molar-refractivity contribution in [1.82, 2.24) is 0 Å². The first kappa shape index (κ1) is 14.8. The fourth-order valence-electron chi connectivity index (χ4n) is 2.01. The van der Waals surface area contributed by atoms with E-state index in [2.05, 4.69) is 0 Å². The van der Waals surface area contributed by atoms with Crippen LogP contribution in [0.3, 0.4) is 0 Å². The van der Waals surface area contributed by atoms with Crippen LogP contribution in [0.5, 0.6) is 0 Å². The zero-order valence-corrected chi connectivity index (χ0v) is 11.6. The molecule has 2 rings (SSSR count). The Labute approximate surface area is 122 Å². The molecule has 0 spiro atoms. The topological polar surface area (TPSA) is 74.6 Å². The first-order valence-electron chi connectivity index (χ1n) is 6.64. The standard InChI is InChI=1S/C17H16O4/c1-11(16(18)19)3-2-4-12-5-6-14-10-15(17(20)21)8-7-13(14)9-12/h2,4-11H,3H2,1H3,(H,18,19)(H,20,21)/b4-2+. The number of carboxylic acid groups (broad SMARTS) is 2. The molecular formula is C17H16O4. The monoisotopic (exact) mass is 284 g/mol. The van der Waals surface area contributed by atoms with Gasteiger partial charge in [-0.1, -0.05) is 37.3 Å². The number of carboxylic acids is 2. The molecule has 0 aliphatic heterocycles. The van der Waals surface area contributed by atoms with Crippen LogP contribution in [0, 0.1) is 5.92 Å². The third-order valence-corrected chi connectivity index (χ3v) is 3.33. The molecule has 0 aliphatic rings. The van der Waals surface area contributed by atoms with Gasteiger partial charge in [-0.3, -0.25) is 4.79 Å². The summed E-state index contributed by atoms with van der Waals surface area (Å²) < 4.78 is 0. The maximum absolute atomic E-state index is 10.9. The van der Waals surface area contributed by atoms with Crippen molar-refractivity contribution < 1.29 is 19.8 Å². The summed E-state index contributed by atoms with van der Waals surface area (Å²) in [7, 11) is 0. The molecule has 0 aliphatic carbocycles. The minimum atomic E-state index is -0.941. The molecule has 1 unspecified atom stereocenters. The van der Waals surface area contributed by atoms with Crippen LogP contribution in [0.4, 0.5) is 0 Å². The van der Waals surface area contributed by atoms with Crippen molar-refractivity contribution in [2.45, 2.75) is 13.3 Å². The van der Waals surface area contributed by atoms with Gasteiger partial charge in [0, 0.05) is 0 Å².